The Morgan fingerprint density at radius 1 is 1.20 bits per heavy atom. The van der Waals surface area contributed by atoms with Crippen LogP contribution in [0, 0.1) is 46.2 Å². The normalized spacial score (nSPS) is 34.1. The molecule has 4 heterocycles. The van der Waals surface area contributed by atoms with Crippen molar-refractivity contribution in [3.05, 3.63) is 18.1 Å². The third kappa shape index (κ3) is 4.94. The predicted octanol–water partition coefficient (Wildman–Crippen LogP) is 2.33. The van der Waals surface area contributed by atoms with Crippen molar-refractivity contribution in [2.24, 2.45) is 29.1 Å². The third-order valence-corrected chi connectivity index (χ3v) is 9.98. The average Bonchev–Trinajstić information content (AvgIpc) is 3.70. The average molecular weight is 639 g/mol. The molecule has 16 heteroatoms. The van der Waals surface area contributed by atoms with Crippen LogP contribution in [0.15, 0.2) is 12.3 Å². The minimum atomic E-state index is -5.28. The molecule has 242 valence electrons. The second-order valence-electron chi connectivity index (χ2n) is 13.7. The summed E-state index contributed by atoms with van der Waals surface area (Å²) in [7, 11) is 0. The lowest BCUT2D eigenvalue weighted by Gasteiger charge is -2.39. The number of halogens is 5. The molecule has 5 aliphatic rings. The molecule has 4 fully saturated rings. The van der Waals surface area contributed by atoms with E-state index in [1.54, 1.807) is 5.32 Å². The first-order chi connectivity index (χ1) is 20.9. The van der Waals surface area contributed by atoms with Crippen LogP contribution in [0.5, 0.6) is 5.75 Å². The Labute approximate surface area is 254 Å². The zero-order valence-corrected chi connectivity index (χ0v) is 24.5. The van der Waals surface area contributed by atoms with Crippen molar-refractivity contribution < 1.29 is 45.9 Å². The zero-order chi connectivity index (χ0) is 32.8. The van der Waals surface area contributed by atoms with E-state index in [-0.39, 0.29) is 42.8 Å². The summed E-state index contributed by atoms with van der Waals surface area (Å²) >= 11 is 0. The number of pyridine rings is 1. The Bertz CT molecular complexity index is 1510. The lowest BCUT2D eigenvalue weighted by atomic mass is 9.77. The molecule has 9 unspecified atom stereocenters. The first-order valence-electron chi connectivity index (χ1n) is 14.6. The van der Waals surface area contributed by atoms with Crippen molar-refractivity contribution in [2.45, 2.75) is 76.1 Å². The van der Waals surface area contributed by atoms with Crippen molar-refractivity contribution >= 4 is 29.4 Å². The number of alkyl halides is 4. The molecule has 1 aromatic rings. The highest BCUT2D eigenvalue weighted by molar-refractivity contribution is 6.01. The molecular formula is C29H31F5N6O5. The lowest BCUT2D eigenvalue weighted by Crippen LogP contribution is -2.61. The van der Waals surface area contributed by atoms with E-state index in [2.05, 4.69) is 10.3 Å². The van der Waals surface area contributed by atoms with Crippen LogP contribution in [0.25, 0.3) is 0 Å². The van der Waals surface area contributed by atoms with E-state index in [1.165, 1.54) is 20.8 Å². The van der Waals surface area contributed by atoms with E-state index >= 15 is 4.39 Å². The van der Waals surface area contributed by atoms with Gasteiger partial charge in [-0.1, -0.05) is 20.8 Å². The van der Waals surface area contributed by atoms with Gasteiger partial charge in [-0.05, 0) is 41.9 Å². The second-order valence-corrected chi connectivity index (χ2v) is 13.7. The molecule has 11 nitrogen and oxygen atoms in total. The van der Waals surface area contributed by atoms with Crippen LogP contribution >= 0.6 is 0 Å². The molecule has 1 spiro atoms. The van der Waals surface area contributed by atoms with Gasteiger partial charge in [-0.25, -0.2) is 13.8 Å². The molecule has 0 aromatic carbocycles. The van der Waals surface area contributed by atoms with Crippen molar-refractivity contribution in [2.75, 3.05) is 18.4 Å². The van der Waals surface area contributed by atoms with Gasteiger partial charge >= 0.3 is 12.1 Å². The molecule has 45 heavy (non-hydrogen) atoms. The van der Waals surface area contributed by atoms with E-state index in [9.17, 15) is 42.0 Å². The van der Waals surface area contributed by atoms with Gasteiger partial charge in [0.15, 0.2) is 11.6 Å². The quantitative estimate of drug-likeness (QED) is 0.484. The number of ether oxygens (including phenoxy) is 1. The van der Waals surface area contributed by atoms with Crippen LogP contribution in [0.3, 0.4) is 0 Å². The van der Waals surface area contributed by atoms with E-state index < -0.39 is 89.3 Å². The van der Waals surface area contributed by atoms with Gasteiger partial charge in [0.05, 0.1) is 18.8 Å². The molecule has 0 radical (unpaired) electrons. The topological polar surface area (TPSA) is 145 Å². The minimum absolute atomic E-state index is 0.0478. The molecule has 3 aliphatic heterocycles. The van der Waals surface area contributed by atoms with Gasteiger partial charge in [-0.15, -0.1) is 0 Å². The summed E-state index contributed by atoms with van der Waals surface area (Å²) in [6, 6.07) is -1.33. The van der Waals surface area contributed by atoms with Gasteiger partial charge in [0.25, 0.3) is 5.91 Å². The molecule has 2 bridgehead atoms. The van der Waals surface area contributed by atoms with Crippen molar-refractivity contribution in [3.8, 4) is 11.8 Å². The van der Waals surface area contributed by atoms with Crippen molar-refractivity contribution in [3.63, 3.8) is 0 Å². The Morgan fingerprint density at radius 2 is 1.91 bits per heavy atom. The van der Waals surface area contributed by atoms with E-state index in [1.807, 2.05) is 6.07 Å². The smallest absolute Gasteiger partial charge is 0.471 e. The number of hydrogen-bond donors (Lipinski definition) is 2. The SMILES string of the molecule is CC(C)(C)C(NC(=O)C(F)(F)F)C(=O)N1CC2C3CC(F)C(C3)C2C1C(=O)N1CC2(CC1C#N)Oc1cc(F)cnc1NC2=O. The maximum absolute atomic E-state index is 15.1. The Balaban J connectivity index is 1.35. The van der Waals surface area contributed by atoms with Crippen LogP contribution in [-0.4, -0.2) is 87.6 Å². The van der Waals surface area contributed by atoms with Gasteiger partial charge in [-0.2, -0.15) is 18.4 Å². The summed E-state index contributed by atoms with van der Waals surface area (Å²) in [5.41, 5.74) is -3.03. The number of hydrogen-bond acceptors (Lipinski definition) is 7. The first-order valence-corrected chi connectivity index (χ1v) is 14.6. The van der Waals surface area contributed by atoms with E-state index in [0.29, 0.717) is 6.42 Å². The summed E-state index contributed by atoms with van der Waals surface area (Å²) in [4.78, 5) is 59.7. The fraction of sp³-hybridized carbons (Fsp3) is 0.655. The van der Waals surface area contributed by atoms with E-state index in [4.69, 9.17) is 4.74 Å². The number of aromatic nitrogens is 1. The summed E-state index contributed by atoms with van der Waals surface area (Å²) < 4.78 is 74.7. The van der Waals surface area contributed by atoms with Gasteiger partial charge in [0.1, 0.15) is 30.1 Å². The highest BCUT2D eigenvalue weighted by Crippen LogP contribution is 2.59. The van der Waals surface area contributed by atoms with Crippen LogP contribution in [-0.2, 0) is 19.2 Å². The van der Waals surface area contributed by atoms with Crippen LogP contribution in [0.1, 0.15) is 40.0 Å². The molecule has 1 aromatic heterocycles. The summed E-state index contributed by atoms with van der Waals surface area (Å²) in [6.45, 7) is 3.87. The standard InChI is InChI=1S/C29H31F5N6O5/c1-27(2,3)21(37-26(44)29(32,33)34)24(42)39-10-16-12-4-15(17(31)5-12)19(16)20(39)23(41)40-11-28(7-14(40)8-35)25(43)38-22-18(45-28)6-13(30)9-36-22/h6,9,12,14-17,19-21H,4-5,7,10-11H2,1-3H3,(H,37,44)(H,36,38,43). The summed E-state index contributed by atoms with van der Waals surface area (Å²) in [6.07, 6.45) is -5.26. The van der Waals surface area contributed by atoms with Gasteiger partial charge in [-0.3, -0.25) is 19.2 Å². The molecule has 2 saturated carbocycles. The molecular weight excluding hydrogens is 607 g/mol. The molecule has 2 aliphatic carbocycles. The van der Waals surface area contributed by atoms with Crippen molar-refractivity contribution in [1.29, 1.82) is 5.26 Å². The molecule has 6 rings (SSSR count). The monoisotopic (exact) mass is 638 g/mol. The fourth-order valence-corrected chi connectivity index (χ4v) is 7.98. The van der Waals surface area contributed by atoms with Crippen LogP contribution < -0.4 is 15.4 Å². The van der Waals surface area contributed by atoms with Gasteiger partial charge in [0.2, 0.25) is 17.4 Å². The number of nitrogens with one attached hydrogen (secondary N) is 2. The molecule has 2 N–H and O–H groups in total. The number of nitrogens with zero attached hydrogens (tertiary/aromatic N) is 4. The Hall–Kier alpha value is -4.03. The number of likely N-dealkylation sites (tertiary alicyclic amines) is 2. The number of anilines is 1. The maximum Gasteiger partial charge on any atom is 0.471 e. The zero-order valence-electron chi connectivity index (χ0n) is 24.5. The largest absolute Gasteiger partial charge is 0.471 e. The van der Waals surface area contributed by atoms with Crippen LogP contribution in [0.4, 0.5) is 27.8 Å². The predicted molar refractivity (Wildman–Crippen MR) is 143 cm³/mol. The fourth-order valence-electron chi connectivity index (χ4n) is 7.98. The van der Waals surface area contributed by atoms with Crippen LogP contribution in [0.2, 0.25) is 0 Å². The highest BCUT2D eigenvalue weighted by Gasteiger charge is 2.65. The first kappa shape index (κ1) is 31.0. The third-order valence-electron chi connectivity index (χ3n) is 9.98. The molecule has 9 atom stereocenters. The number of carbonyl (C=O) groups is 4. The molecule has 4 amide bonds. The summed E-state index contributed by atoms with van der Waals surface area (Å²) in [5, 5.41) is 14.3. The number of nitriles is 1. The van der Waals surface area contributed by atoms with Crippen molar-refractivity contribution in [1.82, 2.24) is 20.1 Å². The minimum Gasteiger partial charge on any atom is -0.471 e. The van der Waals surface area contributed by atoms with E-state index in [0.717, 1.165) is 22.1 Å². The molecule has 2 saturated heterocycles. The lowest BCUT2D eigenvalue weighted by molar-refractivity contribution is -0.176. The maximum atomic E-state index is 15.1. The number of rotatable bonds is 3. The number of amides is 4. The second kappa shape index (κ2) is 10.2. The Kier molecular flexibility index (Phi) is 7.05. The van der Waals surface area contributed by atoms with Gasteiger partial charge in [0, 0.05) is 19.0 Å². The van der Waals surface area contributed by atoms with Gasteiger partial charge < -0.3 is 25.2 Å². The number of fused-ring (bicyclic) bond motifs is 6. The Morgan fingerprint density at radius 3 is 2.56 bits per heavy atom. The highest BCUT2D eigenvalue weighted by atomic mass is 19.4. The summed E-state index contributed by atoms with van der Waals surface area (Å²) in [5.74, 6) is -7.46. The number of carbonyl (C=O) groups excluding carboxylic acids is 4.